The number of anilines is 1. The Hall–Kier alpha value is -4.43. The van der Waals surface area contributed by atoms with Crippen LogP contribution in [0, 0.1) is 11.3 Å². The zero-order valence-corrected chi connectivity index (χ0v) is 34.4. The van der Waals surface area contributed by atoms with Crippen molar-refractivity contribution in [1.29, 1.82) is 0 Å². The summed E-state index contributed by atoms with van der Waals surface area (Å²) < 4.78 is 23.7. The Kier molecular flexibility index (Phi) is 9.12. The number of piperidine rings is 1. The molecule has 13 heteroatoms. The standard InChI is InChI=1S/C45H56N4O9/c1-7-41(53)22-27-23-44(39(51)56-5,35-29(14-18-48(24-27)25-41)28-12-9-10-13-32(28)46-35)31-20-30-33(21-34(31)55-4)47-36-43(30)16-19-49-17-11-15-42(8-2,37(43)49)38(58-26(3)50)45(36,54)40(52)57-6/h9-13,15,20-21,27,36-38,46-47,53-54H,7-8,14,16-19,22-25H2,1-6H3/t27-,36+,37-,38-,41+,42-,43-,44-,45-/m1/s1. The van der Waals surface area contributed by atoms with E-state index in [9.17, 15) is 19.8 Å². The molecule has 1 unspecified atom stereocenters. The van der Waals surface area contributed by atoms with Gasteiger partial charge in [0.1, 0.15) is 11.2 Å². The van der Waals surface area contributed by atoms with Gasteiger partial charge >= 0.3 is 17.9 Å². The number of para-hydroxylation sites is 1. The van der Waals surface area contributed by atoms with Crippen molar-refractivity contribution in [3.05, 3.63) is 70.9 Å². The second-order valence-corrected chi connectivity index (χ2v) is 17.8. The monoisotopic (exact) mass is 796 g/mol. The Bertz CT molecular complexity index is 2220. The van der Waals surface area contributed by atoms with Crippen molar-refractivity contribution < 1.29 is 43.5 Å². The number of carbonyl (C=O) groups excluding carboxylic acids is 3. The van der Waals surface area contributed by atoms with E-state index in [0.717, 1.165) is 27.7 Å². The van der Waals surface area contributed by atoms with Gasteiger partial charge in [-0.2, -0.15) is 0 Å². The van der Waals surface area contributed by atoms with Crippen LogP contribution in [-0.2, 0) is 45.8 Å². The van der Waals surface area contributed by atoms with E-state index < -0.39 is 57.5 Å². The number of hydrogen-bond donors (Lipinski definition) is 4. The van der Waals surface area contributed by atoms with Crippen molar-refractivity contribution >= 4 is 34.5 Å². The summed E-state index contributed by atoms with van der Waals surface area (Å²) in [5, 5.41) is 29.7. The lowest BCUT2D eigenvalue weighted by atomic mass is 9.47. The summed E-state index contributed by atoms with van der Waals surface area (Å²) in [5.41, 5.74) is -1.78. The highest BCUT2D eigenvalue weighted by molar-refractivity contribution is 5.95. The molecule has 58 heavy (non-hydrogen) atoms. The van der Waals surface area contributed by atoms with Gasteiger partial charge < -0.3 is 39.5 Å². The van der Waals surface area contributed by atoms with Gasteiger partial charge in [0, 0.05) is 83.9 Å². The minimum absolute atomic E-state index is 0.0982. The lowest BCUT2D eigenvalue weighted by molar-refractivity contribution is -0.226. The minimum atomic E-state index is -2.31. The van der Waals surface area contributed by atoms with Gasteiger partial charge in [-0.3, -0.25) is 19.4 Å². The molecular formula is C45H56N4O9. The van der Waals surface area contributed by atoms with Crippen LogP contribution in [0.4, 0.5) is 5.69 Å². The van der Waals surface area contributed by atoms with Crippen LogP contribution < -0.4 is 10.1 Å². The SMILES string of the molecule is CC[C@]1(O)C[C@H]2CN(CCc3c([nH]c4ccccc34)[C@](C(=O)OC)(c3cc4c(cc3OC)N[C@@H]3[C@](O)(C(=O)OC)[C@H](OC(C)=O)[C@]5(CC)C=CCN6CC[C@@]43[C@H]65)C2)C1. The summed E-state index contributed by atoms with van der Waals surface area (Å²) in [7, 11) is 4.25. The molecule has 2 saturated heterocycles. The molecule has 1 aliphatic carbocycles. The summed E-state index contributed by atoms with van der Waals surface area (Å²) in [6.45, 7) is 8.59. The molecule has 1 aromatic heterocycles. The normalized spacial score (nSPS) is 37.2. The van der Waals surface area contributed by atoms with Crippen LogP contribution in [0.15, 0.2) is 48.6 Å². The fourth-order valence-corrected chi connectivity index (χ4v) is 13.0. The number of ether oxygens (including phenoxy) is 4. The molecule has 3 aromatic rings. The molecule has 310 valence electrons. The van der Waals surface area contributed by atoms with Crippen molar-refractivity contribution in [3.63, 3.8) is 0 Å². The Morgan fingerprint density at radius 1 is 0.966 bits per heavy atom. The van der Waals surface area contributed by atoms with Gasteiger partial charge in [0.25, 0.3) is 0 Å². The van der Waals surface area contributed by atoms with Crippen molar-refractivity contribution in [2.24, 2.45) is 11.3 Å². The Morgan fingerprint density at radius 2 is 1.74 bits per heavy atom. The van der Waals surface area contributed by atoms with E-state index in [2.05, 4.69) is 32.2 Å². The molecule has 10 atom stereocenters. The van der Waals surface area contributed by atoms with Crippen LogP contribution in [-0.4, -0.2) is 126 Å². The van der Waals surface area contributed by atoms with Crippen molar-refractivity contribution in [1.82, 2.24) is 14.8 Å². The molecule has 3 fully saturated rings. The van der Waals surface area contributed by atoms with Gasteiger partial charge in [-0.15, -0.1) is 0 Å². The van der Waals surface area contributed by atoms with E-state index in [0.29, 0.717) is 88.2 Å². The quantitative estimate of drug-likeness (QED) is 0.155. The highest BCUT2D eigenvalue weighted by Gasteiger charge is 2.79. The number of aromatic amines is 1. The predicted molar refractivity (Wildman–Crippen MR) is 216 cm³/mol. The average Bonchev–Trinajstić information content (AvgIpc) is 3.92. The number of rotatable bonds is 7. The third-order valence-corrected chi connectivity index (χ3v) is 15.2. The fourth-order valence-electron chi connectivity index (χ4n) is 13.0. The molecular weight excluding hydrogens is 741 g/mol. The van der Waals surface area contributed by atoms with Crippen LogP contribution >= 0.6 is 0 Å². The maximum absolute atomic E-state index is 15.3. The first-order valence-electron chi connectivity index (χ1n) is 20.8. The molecule has 6 heterocycles. The van der Waals surface area contributed by atoms with E-state index in [1.54, 1.807) is 7.11 Å². The van der Waals surface area contributed by atoms with Crippen LogP contribution in [0.3, 0.4) is 0 Å². The number of nitrogens with zero attached hydrogens (tertiary/aromatic N) is 2. The van der Waals surface area contributed by atoms with Gasteiger partial charge in [0.15, 0.2) is 6.10 Å². The Labute approximate surface area is 339 Å². The lowest BCUT2D eigenvalue weighted by Crippen LogP contribution is -2.80. The molecule has 2 aromatic carbocycles. The van der Waals surface area contributed by atoms with E-state index in [1.807, 2.05) is 50.3 Å². The molecule has 0 amide bonds. The summed E-state index contributed by atoms with van der Waals surface area (Å²) in [6, 6.07) is 10.8. The molecule has 9 rings (SSSR count). The molecule has 13 nitrogen and oxygen atoms in total. The number of hydrogen-bond acceptors (Lipinski definition) is 12. The number of aliphatic hydroxyl groups is 2. The van der Waals surface area contributed by atoms with Gasteiger partial charge in [-0.05, 0) is 74.2 Å². The molecule has 1 saturated carbocycles. The first-order chi connectivity index (χ1) is 27.8. The van der Waals surface area contributed by atoms with Crippen molar-refractivity contribution in [2.45, 2.75) is 99.5 Å². The number of methoxy groups -OCH3 is 3. The number of esters is 3. The maximum Gasteiger partial charge on any atom is 0.344 e. The number of aromatic nitrogens is 1. The van der Waals surface area contributed by atoms with E-state index in [4.69, 9.17) is 18.9 Å². The van der Waals surface area contributed by atoms with Gasteiger partial charge in [0.2, 0.25) is 5.60 Å². The maximum atomic E-state index is 15.3. The molecule has 5 aliphatic heterocycles. The minimum Gasteiger partial charge on any atom is -0.496 e. The van der Waals surface area contributed by atoms with Crippen LogP contribution in [0.2, 0.25) is 0 Å². The highest BCUT2D eigenvalue weighted by atomic mass is 16.6. The van der Waals surface area contributed by atoms with Crippen LogP contribution in [0.5, 0.6) is 5.75 Å². The molecule has 4 N–H and O–H groups in total. The second kappa shape index (κ2) is 13.6. The summed E-state index contributed by atoms with van der Waals surface area (Å²) in [4.78, 5) is 50.9. The third-order valence-electron chi connectivity index (χ3n) is 15.2. The number of carbonyl (C=O) groups is 3. The first-order valence-corrected chi connectivity index (χ1v) is 20.8. The van der Waals surface area contributed by atoms with Crippen LogP contribution in [0.25, 0.3) is 10.9 Å². The molecule has 1 spiro atoms. The van der Waals surface area contributed by atoms with E-state index in [-0.39, 0.29) is 12.0 Å². The van der Waals surface area contributed by atoms with E-state index in [1.165, 1.54) is 21.1 Å². The number of H-pyrrole nitrogens is 1. The Balaban J connectivity index is 1.34. The molecule has 2 bridgehead atoms. The largest absolute Gasteiger partial charge is 0.496 e. The fraction of sp³-hybridized carbons (Fsp3) is 0.578. The smallest absolute Gasteiger partial charge is 0.344 e. The topological polar surface area (TPSA) is 163 Å². The zero-order valence-electron chi connectivity index (χ0n) is 34.4. The third kappa shape index (κ3) is 5.05. The number of nitrogens with one attached hydrogen (secondary N) is 2. The van der Waals surface area contributed by atoms with Crippen molar-refractivity contribution in [2.75, 3.05) is 59.4 Å². The number of fused-ring (bicyclic) bond motifs is 6. The van der Waals surface area contributed by atoms with Crippen LogP contribution in [0.1, 0.15) is 75.3 Å². The lowest BCUT2D eigenvalue weighted by Gasteiger charge is -2.62. The number of benzene rings is 2. The summed E-state index contributed by atoms with van der Waals surface area (Å²) in [5.74, 6) is -1.61. The average molecular weight is 797 g/mol. The van der Waals surface area contributed by atoms with Gasteiger partial charge in [-0.1, -0.05) is 44.2 Å². The van der Waals surface area contributed by atoms with E-state index >= 15 is 4.79 Å². The summed E-state index contributed by atoms with van der Waals surface area (Å²) >= 11 is 0. The Morgan fingerprint density at radius 3 is 2.45 bits per heavy atom. The van der Waals surface area contributed by atoms with Crippen molar-refractivity contribution in [3.8, 4) is 5.75 Å². The molecule has 0 radical (unpaired) electrons. The highest BCUT2D eigenvalue weighted by Crippen LogP contribution is 2.67. The summed E-state index contributed by atoms with van der Waals surface area (Å²) in [6.07, 6.45) is 5.90. The molecule has 6 aliphatic rings. The second-order valence-electron chi connectivity index (χ2n) is 17.8. The van der Waals surface area contributed by atoms with Gasteiger partial charge in [0.05, 0.1) is 33.0 Å². The zero-order chi connectivity index (χ0) is 41.0. The first kappa shape index (κ1) is 39.1. The predicted octanol–water partition coefficient (Wildman–Crippen LogP) is 3.97. The van der Waals surface area contributed by atoms with Gasteiger partial charge in [-0.25, -0.2) is 4.79 Å².